The van der Waals surface area contributed by atoms with Gasteiger partial charge in [-0.3, -0.25) is 20.4 Å². The van der Waals surface area contributed by atoms with Gasteiger partial charge in [-0.25, -0.2) is 4.79 Å². The lowest BCUT2D eigenvalue weighted by molar-refractivity contribution is -0.122. The Morgan fingerprint density at radius 2 is 1.68 bits per heavy atom. The lowest BCUT2D eigenvalue weighted by atomic mass is 10.2. The summed E-state index contributed by atoms with van der Waals surface area (Å²) >= 11 is 3.27. The second-order valence-electron chi connectivity index (χ2n) is 4.55. The number of hydrogen-bond donors (Lipinski definition) is 4. The molecule has 1 aromatic carbocycles. The lowest BCUT2D eigenvalue weighted by Gasteiger charge is -2.07. The zero-order valence-electron chi connectivity index (χ0n) is 11.9. The monoisotopic (exact) mass is 371 g/mol. The SMILES string of the molecule is O=C(O)NCCCCCC(=O)NNC(=O)c1ccc(Br)cc1. The Balaban J connectivity index is 2.13. The molecule has 0 saturated carbocycles. The number of rotatable bonds is 7. The van der Waals surface area contributed by atoms with E-state index in [0.717, 1.165) is 10.9 Å². The fourth-order valence-corrected chi connectivity index (χ4v) is 1.91. The number of amides is 3. The maximum atomic E-state index is 11.7. The normalized spacial score (nSPS) is 9.86. The molecular formula is C14H18BrN3O4. The van der Waals surface area contributed by atoms with E-state index in [1.54, 1.807) is 24.3 Å². The third kappa shape index (κ3) is 7.63. The highest BCUT2D eigenvalue weighted by Crippen LogP contribution is 2.10. The van der Waals surface area contributed by atoms with Crippen molar-refractivity contribution in [3.63, 3.8) is 0 Å². The van der Waals surface area contributed by atoms with Gasteiger partial charge in [0.2, 0.25) is 5.91 Å². The summed E-state index contributed by atoms with van der Waals surface area (Å²) in [5.74, 6) is -0.664. The molecule has 0 atom stereocenters. The molecule has 0 spiro atoms. The Bertz CT molecular complexity index is 519. The first-order valence-corrected chi connectivity index (χ1v) is 7.60. The lowest BCUT2D eigenvalue weighted by Crippen LogP contribution is -2.41. The fourth-order valence-electron chi connectivity index (χ4n) is 1.65. The van der Waals surface area contributed by atoms with E-state index in [1.807, 2.05) is 0 Å². The van der Waals surface area contributed by atoms with Crippen molar-refractivity contribution in [1.29, 1.82) is 0 Å². The van der Waals surface area contributed by atoms with Gasteiger partial charge in [0, 0.05) is 23.0 Å². The molecule has 1 rings (SSSR count). The zero-order valence-corrected chi connectivity index (χ0v) is 13.5. The first kappa shape index (κ1) is 18.0. The van der Waals surface area contributed by atoms with E-state index >= 15 is 0 Å². The maximum Gasteiger partial charge on any atom is 0.404 e. The molecule has 0 heterocycles. The average molecular weight is 372 g/mol. The summed E-state index contributed by atoms with van der Waals surface area (Å²) in [4.78, 5) is 33.5. The van der Waals surface area contributed by atoms with Crippen LogP contribution in [0.1, 0.15) is 36.0 Å². The van der Waals surface area contributed by atoms with Gasteiger partial charge < -0.3 is 10.4 Å². The Morgan fingerprint density at radius 3 is 2.32 bits per heavy atom. The first-order chi connectivity index (χ1) is 10.5. The fraction of sp³-hybridized carbons (Fsp3) is 0.357. The van der Waals surface area contributed by atoms with E-state index in [9.17, 15) is 14.4 Å². The third-order valence-corrected chi connectivity index (χ3v) is 3.31. The van der Waals surface area contributed by atoms with E-state index in [4.69, 9.17) is 5.11 Å². The summed E-state index contributed by atoms with van der Waals surface area (Å²) in [6, 6.07) is 6.76. The molecule has 22 heavy (non-hydrogen) atoms. The van der Waals surface area contributed by atoms with E-state index in [1.165, 1.54) is 0 Å². The van der Waals surface area contributed by atoms with Crippen LogP contribution in [0.2, 0.25) is 0 Å². The minimum absolute atomic E-state index is 0.272. The number of carbonyl (C=O) groups is 3. The number of hydrogen-bond acceptors (Lipinski definition) is 3. The topological polar surface area (TPSA) is 108 Å². The first-order valence-electron chi connectivity index (χ1n) is 6.80. The highest BCUT2D eigenvalue weighted by Gasteiger charge is 2.07. The zero-order chi connectivity index (χ0) is 16.4. The predicted molar refractivity (Wildman–Crippen MR) is 84.2 cm³/mol. The molecule has 4 N–H and O–H groups in total. The van der Waals surface area contributed by atoms with Crippen LogP contribution in [0.4, 0.5) is 4.79 Å². The highest BCUT2D eigenvalue weighted by atomic mass is 79.9. The summed E-state index contributed by atoms with van der Waals surface area (Å²) in [7, 11) is 0. The summed E-state index contributed by atoms with van der Waals surface area (Å²) in [5, 5.41) is 10.6. The molecule has 0 radical (unpaired) electrons. The number of unbranched alkanes of at least 4 members (excludes halogenated alkanes) is 2. The molecule has 0 aliphatic carbocycles. The molecule has 0 aliphatic rings. The number of carboxylic acid groups (broad SMARTS) is 1. The summed E-state index contributed by atoms with van der Waals surface area (Å²) in [6.07, 6.45) is 1.25. The van der Waals surface area contributed by atoms with Crippen LogP contribution in [0.25, 0.3) is 0 Å². The quantitative estimate of drug-likeness (QED) is 0.434. The van der Waals surface area contributed by atoms with Crippen molar-refractivity contribution in [2.24, 2.45) is 0 Å². The van der Waals surface area contributed by atoms with Gasteiger partial charge in [-0.15, -0.1) is 0 Å². The van der Waals surface area contributed by atoms with Crippen molar-refractivity contribution >= 4 is 33.8 Å². The molecule has 7 nitrogen and oxygen atoms in total. The van der Waals surface area contributed by atoms with Crippen molar-refractivity contribution in [2.45, 2.75) is 25.7 Å². The minimum Gasteiger partial charge on any atom is -0.465 e. The maximum absolute atomic E-state index is 11.7. The van der Waals surface area contributed by atoms with Gasteiger partial charge in [-0.2, -0.15) is 0 Å². The van der Waals surface area contributed by atoms with Crippen LogP contribution in [0.15, 0.2) is 28.7 Å². The van der Waals surface area contributed by atoms with Crippen LogP contribution in [-0.2, 0) is 4.79 Å². The Hall–Kier alpha value is -2.09. The molecule has 0 aromatic heterocycles. The molecule has 1 aromatic rings. The Labute approximate surface area is 136 Å². The Morgan fingerprint density at radius 1 is 1.00 bits per heavy atom. The number of carbonyl (C=O) groups excluding carboxylic acids is 2. The summed E-state index contributed by atoms with van der Waals surface area (Å²) in [6.45, 7) is 0.372. The molecular weight excluding hydrogens is 354 g/mol. The molecule has 0 bridgehead atoms. The molecule has 3 amide bonds. The highest BCUT2D eigenvalue weighted by molar-refractivity contribution is 9.10. The van der Waals surface area contributed by atoms with Gasteiger partial charge in [0.05, 0.1) is 0 Å². The van der Waals surface area contributed by atoms with Crippen molar-refractivity contribution in [2.75, 3.05) is 6.54 Å². The molecule has 8 heteroatoms. The molecule has 0 aliphatic heterocycles. The van der Waals surface area contributed by atoms with Crippen LogP contribution in [-0.4, -0.2) is 29.6 Å². The van der Waals surface area contributed by atoms with Crippen LogP contribution in [0.3, 0.4) is 0 Å². The molecule has 0 unspecified atom stereocenters. The van der Waals surface area contributed by atoms with Gasteiger partial charge >= 0.3 is 6.09 Å². The van der Waals surface area contributed by atoms with Crippen molar-refractivity contribution in [3.05, 3.63) is 34.3 Å². The number of nitrogens with one attached hydrogen (secondary N) is 3. The van der Waals surface area contributed by atoms with Crippen LogP contribution >= 0.6 is 15.9 Å². The van der Waals surface area contributed by atoms with Crippen molar-refractivity contribution in [3.8, 4) is 0 Å². The van der Waals surface area contributed by atoms with Gasteiger partial charge in [0.25, 0.3) is 5.91 Å². The largest absolute Gasteiger partial charge is 0.465 e. The standard InChI is InChI=1S/C14H18BrN3O4/c15-11-7-5-10(6-8-11)13(20)18-17-12(19)4-2-1-3-9-16-14(21)22/h5-8,16H,1-4,9H2,(H,17,19)(H,18,20)(H,21,22). The van der Waals surface area contributed by atoms with Gasteiger partial charge in [-0.05, 0) is 37.1 Å². The van der Waals surface area contributed by atoms with Crippen molar-refractivity contribution in [1.82, 2.24) is 16.2 Å². The second kappa shape index (κ2) is 9.78. The van der Waals surface area contributed by atoms with Gasteiger partial charge in [-0.1, -0.05) is 22.4 Å². The van der Waals surface area contributed by atoms with Crippen LogP contribution in [0.5, 0.6) is 0 Å². The summed E-state index contributed by atoms with van der Waals surface area (Å²) in [5.41, 5.74) is 5.13. The predicted octanol–water partition coefficient (Wildman–Crippen LogP) is 2.04. The Kier molecular flexibility index (Phi) is 7.98. The molecule has 120 valence electrons. The van der Waals surface area contributed by atoms with Crippen LogP contribution in [0, 0.1) is 0 Å². The van der Waals surface area contributed by atoms with E-state index < -0.39 is 6.09 Å². The van der Waals surface area contributed by atoms with Crippen molar-refractivity contribution < 1.29 is 19.5 Å². The number of halogens is 1. The average Bonchev–Trinajstić information content (AvgIpc) is 2.48. The number of hydrazine groups is 1. The van der Waals surface area contributed by atoms with E-state index in [0.29, 0.717) is 24.9 Å². The molecule has 0 fully saturated rings. The van der Waals surface area contributed by atoms with Gasteiger partial charge in [0.15, 0.2) is 0 Å². The summed E-state index contributed by atoms with van der Waals surface area (Å²) < 4.78 is 0.866. The van der Waals surface area contributed by atoms with Gasteiger partial charge in [0.1, 0.15) is 0 Å². The second-order valence-corrected chi connectivity index (χ2v) is 5.47. The molecule has 0 saturated heterocycles. The van der Waals surface area contributed by atoms with E-state index in [2.05, 4.69) is 32.1 Å². The number of benzene rings is 1. The minimum atomic E-state index is -1.05. The van der Waals surface area contributed by atoms with Crippen LogP contribution < -0.4 is 16.2 Å². The van der Waals surface area contributed by atoms with E-state index in [-0.39, 0.29) is 18.2 Å². The third-order valence-electron chi connectivity index (χ3n) is 2.78. The smallest absolute Gasteiger partial charge is 0.404 e.